The molecule has 5 heteroatoms. The molecule has 0 unspecified atom stereocenters. The summed E-state index contributed by atoms with van der Waals surface area (Å²) in [5.41, 5.74) is -0.706. The van der Waals surface area contributed by atoms with Gasteiger partial charge in [-0.2, -0.15) is 5.26 Å². The molecule has 0 saturated heterocycles. The highest BCUT2D eigenvalue weighted by Crippen LogP contribution is 2.27. The second kappa shape index (κ2) is 7.04. The van der Waals surface area contributed by atoms with Crippen LogP contribution in [0.25, 0.3) is 0 Å². The largest absolute Gasteiger partial charge is 0.417 e. The molecular formula is C17H15F2NO2. The molecule has 0 aromatic heterocycles. The van der Waals surface area contributed by atoms with E-state index >= 15 is 0 Å². The second-order valence-electron chi connectivity index (χ2n) is 5.49. The maximum Gasteiger partial charge on any atom is 0.389 e. The van der Waals surface area contributed by atoms with E-state index in [2.05, 4.69) is 18.8 Å². The Hall–Kier alpha value is -2.40. The van der Waals surface area contributed by atoms with E-state index < -0.39 is 23.2 Å². The van der Waals surface area contributed by atoms with Gasteiger partial charge < -0.3 is 4.74 Å². The van der Waals surface area contributed by atoms with Crippen molar-refractivity contribution in [3.63, 3.8) is 0 Å². The zero-order valence-corrected chi connectivity index (χ0v) is 12.2. The van der Waals surface area contributed by atoms with Gasteiger partial charge in [0.05, 0.1) is 0 Å². The summed E-state index contributed by atoms with van der Waals surface area (Å²) in [6.45, 7) is 2.19. The Balaban J connectivity index is 2.00. The molecule has 22 heavy (non-hydrogen) atoms. The summed E-state index contributed by atoms with van der Waals surface area (Å²) >= 11 is 0. The third-order valence-electron chi connectivity index (χ3n) is 3.73. The number of carbonyl (C=O) groups excluding carboxylic acids is 1. The van der Waals surface area contributed by atoms with Crippen LogP contribution < -0.4 is 4.74 Å². The maximum atomic E-state index is 13.4. The number of nitrogens with zero attached hydrogens (tertiary/aromatic N) is 1. The summed E-state index contributed by atoms with van der Waals surface area (Å²) in [6.07, 6.45) is 4.06. The molecule has 1 saturated carbocycles. The van der Waals surface area contributed by atoms with Gasteiger partial charge in [-0.25, -0.2) is 13.6 Å². The van der Waals surface area contributed by atoms with Crippen LogP contribution in [0.3, 0.4) is 0 Å². The topological polar surface area (TPSA) is 50.1 Å². The van der Waals surface area contributed by atoms with Crippen molar-refractivity contribution in [2.45, 2.75) is 32.6 Å². The van der Waals surface area contributed by atoms with E-state index in [1.807, 2.05) is 0 Å². The summed E-state index contributed by atoms with van der Waals surface area (Å²) in [7, 11) is 0. The van der Waals surface area contributed by atoms with Gasteiger partial charge in [0.2, 0.25) is 0 Å². The summed E-state index contributed by atoms with van der Waals surface area (Å²) in [4.78, 5) is 11.6. The lowest BCUT2D eigenvalue weighted by molar-refractivity contribution is -0.128. The van der Waals surface area contributed by atoms with Crippen molar-refractivity contribution in [3.05, 3.63) is 29.3 Å². The lowest BCUT2D eigenvalue weighted by atomic mass is 9.83. The Morgan fingerprint density at radius 2 is 1.82 bits per heavy atom. The molecule has 1 aliphatic carbocycles. The molecule has 1 aromatic carbocycles. The van der Waals surface area contributed by atoms with E-state index in [4.69, 9.17) is 10.00 Å². The number of nitriles is 1. The van der Waals surface area contributed by atoms with Gasteiger partial charge in [0, 0.05) is 24.0 Å². The van der Waals surface area contributed by atoms with Gasteiger partial charge in [0.25, 0.3) is 0 Å². The number of hydrogen-bond donors (Lipinski definition) is 0. The molecule has 0 spiro atoms. The smallest absolute Gasteiger partial charge is 0.389 e. The van der Waals surface area contributed by atoms with Crippen molar-refractivity contribution in [1.82, 2.24) is 0 Å². The molecule has 114 valence electrons. The van der Waals surface area contributed by atoms with Crippen LogP contribution in [0.1, 0.15) is 38.2 Å². The van der Waals surface area contributed by atoms with Gasteiger partial charge in [-0.1, -0.05) is 12.8 Å². The zero-order valence-electron chi connectivity index (χ0n) is 12.2. The van der Waals surface area contributed by atoms with Crippen LogP contribution >= 0.6 is 0 Å². The van der Waals surface area contributed by atoms with Crippen LogP contribution in [0.15, 0.2) is 12.1 Å². The van der Waals surface area contributed by atoms with Crippen LogP contribution in [0, 0.1) is 46.6 Å². The fourth-order valence-electron chi connectivity index (χ4n) is 2.41. The fourth-order valence-corrected chi connectivity index (χ4v) is 2.41. The minimum Gasteiger partial charge on any atom is -0.417 e. The molecule has 0 heterocycles. The number of halogens is 2. The highest BCUT2D eigenvalue weighted by molar-refractivity contribution is 5.90. The van der Waals surface area contributed by atoms with E-state index in [1.165, 1.54) is 6.07 Å². The molecule has 0 radical (unpaired) electrons. The van der Waals surface area contributed by atoms with Crippen molar-refractivity contribution in [2.24, 2.45) is 11.8 Å². The average molecular weight is 303 g/mol. The Morgan fingerprint density at radius 3 is 2.36 bits per heavy atom. The Morgan fingerprint density at radius 1 is 1.23 bits per heavy atom. The number of esters is 1. The number of ether oxygens (including phenoxy) is 1. The summed E-state index contributed by atoms with van der Waals surface area (Å²) in [5, 5.41) is 8.56. The first-order valence-electron chi connectivity index (χ1n) is 7.12. The van der Waals surface area contributed by atoms with Crippen molar-refractivity contribution in [2.75, 3.05) is 0 Å². The number of rotatable bonds is 1. The molecule has 0 amide bonds. The first-order chi connectivity index (χ1) is 10.5. The van der Waals surface area contributed by atoms with Gasteiger partial charge in [-0.15, -0.1) is 0 Å². The van der Waals surface area contributed by atoms with Gasteiger partial charge in [0.1, 0.15) is 29.0 Å². The summed E-state index contributed by atoms with van der Waals surface area (Å²) < 4.78 is 31.6. The molecule has 1 fully saturated rings. The molecule has 0 bridgehead atoms. The lowest BCUT2D eigenvalue weighted by Crippen LogP contribution is -2.12. The van der Waals surface area contributed by atoms with Crippen LogP contribution in [-0.2, 0) is 4.79 Å². The normalized spacial score (nSPS) is 20.5. The predicted octanol–water partition coefficient (Wildman–Crippen LogP) is 3.57. The Labute approximate surface area is 127 Å². The molecule has 0 N–H and O–H groups in total. The average Bonchev–Trinajstić information content (AvgIpc) is 2.46. The number of carbonyl (C=O) groups is 1. The summed E-state index contributed by atoms with van der Waals surface area (Å²) in [6, 6.07) is 2.99. The monoisotopic (exact) mass is 303 g/mol. The fraction of sp³-hybridized carbons (Fsp3) is 0.412. The first kappa shape index (κ1) is 16.0. The molecule has 1 aliphatic rings. The molecular weight excluding hydrogens is 288 g/mol. The van der Waals surface area contributed by atoms with Crippen LogP contribution in [0.4, 0.5) is 8.78 Å². The highest BCUT2D eigenvalue weighted by Gasteiger charge is 2.17. The third kappa shape index (κ3) is 4.05. The van der Waals surface area contributed by atoms with E-state index in [9.17, 15) is 13.6 Å². The Bertz CT molecular complexity index is 651. The predicted molar refractivity (Wildman–Crippen MR) is 75.6 cm³/mol. The summed E-state index contributed by atoms with van der Waals surface area (Å²) in [5.74, 6) is 2.77. The third-order valence-corrected chi connectivity index (χ3v) is 3.73. The standard InChI is InChI=1S/C17H15F2NO2/c1-11-2-4-12(5-3-11)6-7-17(21)22-13-8-15(18)14(10-20)16(19)9-13/h8-9,11-12H,2-5H2,1H3. The van der Waals surface area contributed by atoms with Crippen molar-refractivity contribution < 1.29 is 18.3 Å². The first-order valence-corrected chi connectivity index (χ1v) is 7.12. The minimum absolute atomic E-state index is 0.165. The van der Waals surface area contributed by atoms with Crippen molar-refractivity contribution in [3.8, 4) is 23.7 Å². The van der Waals surface area contributed by atoms with Crippen LogP contribution in [-0.4, -0.2) is 5.97 Å². The van der Waals surface area contributed by atoms with Crippen molar-refractivity contribution >= 4 is 5.97 Å². The van der Waals surface area contributed by atoms with E-state index in [0.717, 1.165) is 37.8 Å². The van der Waals surface area contributed by atoms with Crippen LogP contribution in [0.5, 0.6) is 5.75 Å². The van der Waals surface area contributed by atoms with E-state index in [-0.39, 0.29) is 11.7 Å². The Kier molecular flexibility index (Phi) is 5.12. The van der Waals surface area contributed by atoms with Gasteiger partial charge in [-0.05, 0) is 31.6 Å². The quantitative estimate of drug-likeness (QED) is 0.345. The maximum absolute atomic E-state index is 13.4. The lowest BCUT2D eigenvalue weighted by Gasteiger charge is -2.21. The van der Waals surface area contributed by atoms with Crippen LogP contribution in [0.2, 0.25) is 0 Å². The van der Waals surface area contributed by atoms with Gasteiger partial charge in [-0.3, -0.25) is 0 Å². The van der Waals surface area contributed by atoms with Gasteiger partial charge in [0.15, 0.2) is 0 Å². The number of benzene rings is 1. The molecule has 0 aliphatic heterocycles. The van der Waals surface area contributed by atoms with Gasteiger partial charge >= 0.3 is 5.97 Å². The molecule has 1 aromatic rings. The molecule has 2 rings (SSSR count). The van der Waals surface area contributed by atoms with E-state index in [1.54, 1.807) is 0 Å². The van der Waals surface area contributed by atoms with Crippen molar-refractivity contribution in [1.29, 1.82) is 5.26 Å². The number of hydrogen-bond acceptors (Lipinski definition) is 3. The molecule has 0 atom stereocenters. The minimum atomic E-state index is -1.07. The molecule has 3 nitrogen and oxygen atoms in total. The van der Waals surface area contributed by atoms with E-state index in [0.29, 0.717) is 5.92 Å². The second-order valence-corrected chi connectivity index (χ2v) is 5.49. The SMILES string of the molecule is CC1CCC(C#CC(=O)Oc2cc(F)c(C#N)c(F)c2)CC1. The highest BCUT2D eigenvalue weighted by atomic mass is 19.1. The zero-order chi connectivity index (χ0) is 16.1.